The second kappa shape index (κ2) is 5.85. The van der Waals surface area contributed by atoms with E-state index >= 15 is 0 Å². The number of piperidine rings is 1. The van der Waals surface area contributed by atoms with Crippen LogP contribution in [0, 0.1) is 13.8 Å². The van der Waals surface area contributed by atoms with Crippen molar-refractivity contribution in [3.8, 4) is 0 Å². The molecule has 1 amide bonds. The van der Waals surface area contributed by atoms with Crippen molar-refractivity contribution in [2.24, 2.45) is 10.9 Å². The van der Waals surface area contributed by atoms with E-state index in [0.29, 0.717) is 29.9 Å². The molecule has 1 aliphatic rings. The number of amides is 1. The van der Waals surface area contributed by atoms with E-state index in [1.54, 1.807) is 24.8 Å². The molecule has 1 saturated heterocycles. The summed E-state index contributed by atoms with van der Waals surface area (Å²) < 4.78 is 0. The number of hydrogen-bond donors (Lipinski definition) is 2. The number of carbonyl (C=O) groups is 1. The van der Waals surface area contributed by atoms with Crippen molar-refractivity contribution in [1.29, 1.82) is 0 Å². The average Bonchev–Trinajstić information content (AvgIpc) is 2.48. The Hall–Kier alpha value is -2.18. The molecular weight excluding hydrogens is 258 g/mol. The maximum absolute atomic E-state index is 12.7. The summed E-state index contributed by atoms with van der Waals surface area (Å²) in [5, 5.41) is 19.8. The van der Waals surface area contributed by atoms with Crippen LogP contribution in [-0.4, -0.2) is 44.6 Å². The Labute approximate surface area is 117 Å². The van der Waals surface area contributed by atoms with Gasteiger partial charge in [-0.05, 0) is 39.2 Å². The van der Waals surface area contributed by atoms with Gasteiger partial charge in [0.1, 0.15) is 0 Å². The highest BCUT2D eigenvalue weighted by molar-refractivity contribution is 5.99. The molecule has 1 aliphatic heterocycles. The van der Waals surface area contributed by atoms with E-state index in [4.69, 9.17) is 10.9 Å². The quantitative estimate of drug-likeness (QED) is 0.360. The number of likely N-dealkylation sites (tertiary alicyclic amines) is 1. The molecule has 3 N–H and O–H groups in total. The second-order valence-electron chi connectivity index (χ2n) is 5.02. The van der Waals surface area contributed by atoms with Gasteiger partial charge in [0.2, 0.25) is 0 Å². The SMILES string of the molecule is Cc1cc(C(=O)N2CCCCC2/C(N)=N/O)c(C)nn1. The fraction of sp³-hybridized carbons (Fsp3) is 0.538. The molecule has 0 saturated carbocycles. The Morgan fingerprint density at radius 1 is 1.45 bits per heavy atom. The third-order valence-corrected chi connectivity index (χ3v) is 3.55. The molecule has 0 spiro atoms. The molecule has 1 atom stereocenters. The number of carbonyl (C=O) groups excluding carboxylic acids is 1. The van der Waals surface area contributed by atoms with Crippen LogP contribution in [0.2, 0.25) is 0 Å². The number of hydrogen-bond acceptors (Lipinski definition) is 5. The molecule has 7 heteroatoms. The van der Waals surface area contributed by atoms with Crippen LogP contribution in [0.3, 0.4) is 0 Å². The van der Waals surface area contributed by atoms with Crippen molar-refractivity contribution in [1.82, 2.24) is 15.1 Å². The molecule has 20 heavy (non-hydrogen) atoms. The first-order valence-electron chi connectivity index (χ1n) is 6.64. The summed E-state index contributed by atoms with van der Waals surface area (Å²) in [6.07, 6.45) is 2.58. The number of oxime groups is 1. The maximum atomic E-state index is 12.7. The summed E-state index contributed by atoms with van der Waals surface area (Å²) >= 11 is 0. The molecule has 1 aromatic heterocycles. The average molecular weight is 277 g/mol. The monoisotopic (exact) mass is 277 g/mol. The molecule has 1 fully saturated rings. The van der Waals surface area contributed by atoms with E-state index in [9.17, 15) is 4.79 Å². The Balaban J connectivity index is 2.32. The van der Waals surface area contributed by atoms with Crippen LogP contribution >= 0.6 is 0 Å². The number of nitrogens with two attached hydrogens (primary N) is 1. The third kappa shape index (κ3) is 2.71. The Bertz CT molecular complexity index is 544. The van der Waals surface area contributed by atoms with Crippen molar-refractivity contribution < 1.29 is 10.0 Å². The van der Waals surface area contributed by atoms with E-state index < -0.39 is 0 Å². The van der Waals surface area contributed by atoms with Gasteiger partial charge in [0.15, 0.2) is 5.84 Å². The first kappa shape index (κ1) is 14.2. The lowest BCUT2D eigenvalue weighted by molar-refractivity contribution is 0.0675. The van der Waals surface area contributed by atoms with Crippen LogP contribution < -0.4 is 5.73 Å². The number of rotatable bonds is 2. The highest BCUT2D eigenvalue weighted by Gasteiger charge is 2.31. The van der Waals surface area contributed by atoms with Gasteiger partial charge in [0, 0.05) is 6.54 Å². The second-order valence-corrected chi connectivity index (χ2v) is 5.02. The van der Waals surface area contributed by atoms with E-state index in [-0.39, 0.29) is 17.8 Å². The minimum absolute atomic E-state index is 0.0782. The van der Waals surface area contributed by atoms with Gasteiger partial charge in [-0.1, -0.05) is 5.16 Å². The fourth-order valence-corrected chi connectivity index (χ4v) is 2.47. The summed E-state index contributed by atoms with van der Waals surface area (Å²) in [4.78, 5) is 14.3. The zero-order valence-electron chi connectivity index (χ0n) is 11.7. The molecule has 0 aromatic carbocycles. The van der Waals surface area contributed by atoms with Gasteiger partial charge in [-0.2, -0.15) is 10.2 Å². The normalized spacial score (nSPS) is 20.0. The van der Waals surface area contributed by atoms with E-state index in [0.717, 1.165) is 12.8 Å². The first-order chi connectivity index (χ1) is 9.54. The first-order valence-corrected chi connectivity index (χ1v) is 6.64. The molecule has 0 bridgehead atoms. The smallest absolute Gasteiger partial charge is 0.256 e. The van der Waals surface area contributed by atoms with Crippen LogP contribution in [0.5, 0.6) is 0 Å². The van der Waals surface area contributed by atoms with Crippen molar-refractivity contribution in [2.75, 3.05) is 6.54 Å². The molecule has 1 aromatic rings. The van der Waals surface area contributed by atoms with E-state index in [1.807, 2.05) is 0 Å². The highest BCUT2D eigenvalue weighted by atomic mass is 16.4. The van der Waals surface area contributed by atoms with Crippen LogP contribution in [-0.2, 0) is 0 Å². The van der Waals surface area contributed by atoms with Crippen LogP contribution in [0.15, 0.2) is 11.2 Å². The molecule has 1 unspecified atom stereocenters. The van der Waals surface area contributed by atoms with Gasteiger partial charge in [0.05, 0.1) is 23.0 Å². The predicted octanol–water partition coefficient (Wildman–Crippen LogP) is 0.835. The molecular formula is C13H19N5O2. The fourth-order valence-electron chi connectivity index (χ4n) is 2.47. The van der Waals surface area contributed by atoms with Crippen LogP contribution in [0.25, 0.3) is 0 Å². The summed E-state index contributed by atoms with van der Waals surface area (Å²) in [6, 6.07) is 1.37. The molecule has 2 rings (SSSR count). The van der Waals surface area contributed by atoms with Crippen molar-refractivity contribution >= 4 is 11.7 Å². The van der Waals surface area contributed by atoms with Gasteiger partial charge in [-0.15, -0.1) is 0 Å². The van der Waals surface area contributed by atoms with E-state index in [1.165, 1.54) is 0 Å². The number of aryl methyl sites for hydroxylation is 2. The lowest BCUT2D eigenvalue weighted by Crippen LogP contribution is -2.50. The van der Waals surface area contributed by atoms with Crippen molar-refractivity contribution in [3.63, 3.8) is 0 Å². The minimum atomic E-state index is -0.353. The Kier molecular flexibility index (Phi) is 4.16. The lowest BCUT2D eigenvalue weighted by Gasteiger charge is -2.35. The number of amidine groups is 1. The minimum Gasteiger partial charge on any atom is -0.409 e. The number of nitrogens with zero attached hydrogens (tertiary/aromatic N) is 4. The van der Waals surface area contributed by atoms with Crippen LogP contribution in [0.4, 0.5) is 0 Å². The zero-order valence-corrected chi connectivity index (χ0v) is 11.7. The highest BCUT2D eigenvalue weighted by Crippen LogP contribution is 2.21. The lowest BCUT2D eigenvalue weighted by atomic mass is 9.99. The summed E-state index contributed by atoms with van der Waals surface area (Å²) in [5.74, 6) is -0.0637. The largest absolute Gasteiger partial charge is 0.409 e. The van der Waals surface area contributed by atoms with Gasteiger partial charge in [0.25, 0.3) is 5.91 Å². The Morgan fingerprint density at radius 2 is 2.20 bits per heavy atom. The molecule has 2 heterocycles. The summed E-state index contributed by atoms with van der Waals surface area (Å²) in [6.45, 7) is 4.14. The third-order valence-electron chi connectivity index (χ3n) is 3.55. The summed E-state index contributed by atoms with van der Waals surface area (Å²) in [7, 11) is 0. The van der Waals surface area contributed by atoms with Gasteiger partial charge < -0.3 is 15.8 Å². The van der Waals surface area contributed by atoms with Gasteiger partial charge in [-0.3, -0.25) is 4.79 Å². The predicted molar refractivity (Wildman–Crippen MR) is 73.6 cm³/mol. The molecule has 7 nitrogen and oxygen atoms in total. The number of aromatic nitrogens is 2. The van der Waals surface area contributed by atoms with E-state index in [2.05, 4.69) is 15.4 Å². The van der Waals surface area contributed by atoms with Gasteiger partial charge >= 0.3 is 0 Å². The zero-order chi connectivity index (χ0) is 14.7. The summed E-state index contributed by atoms with van der Waals surface area (Å²) in [5.41, 5.74) is 7.50. The van der Waals surface area contributed by atoms with Gasteiger partial charge in [-0.25, -0.2) is 0 Å². The molecule has 108 valence electrons. The maximum Gasteiger partial charge on any atom is 0.256 e. The van der Waals surface area contributed by atoms with Crippen molar-refractivity contribution in [3.05, 3.63) is 23.0 Å². The Morgan fingerprint density at radius 3 is 2.90 bits per heavy atom. The molecule has 0 aliphatic carbocycles. The topological polar surface area (TPSA) is 105 Å². The molecule has 0 radical (unpaired) electrons. The standard InChI is InChI=1S/C13H19N5O2/c1-8-7-10(9(2)16-15-8)13(19)18-6-4-3-5-11(18)12(14)17-20/h7,11,20H,3-6H2,1-2H3,(H2,14,17). The van der Waals surface area contributed by atoms with Crippen LogP contribution in [0.1, 0.15) is 41.0 Å². The van der Waals surface area contributed by atoms with Crippen molar-refractivity contribution in [2.45, 2.75) is 39.2 Å².